The number of rotatable bonds is 7. The van der Waals surface area contributed by atoms with Gasteiger partial charge in [-0.15, -0.1) is 10.2 Å². The molecular formula is C14H22N4O4S. The molecule has 1 aliphatic heterocycles. The Morgan fingerprint density at radius 1 is 1.48 bits per heavy atom. The smallest absolute Gasteiger partial charge is 0.323 e. The Bertz CT molecular complexity index is 531. The topological polar surface area (TPSA) is 93.6 Å². The molecule has 1 aliphatic rings. The summed E-state index contributed by atoms with van der Waals surface area (Å²) in [6, 6.07) is -0.185. The average molecular weight is 342 g/mol. The van der Waals surface area contributed by atoms with Gasteiger partial charge in [0.2, 0.25) is 5.13 Å². The van der Waals surface area contributed by atoms with E-state index in [1.54, 1.807) is 4.90 Å². The summed E-state index contributed by atoms with van der Waals surface area (Å²) >= 11 is 1.27. The highest BCUT2D eigenvalue weighted by Gasteiger charge is 2.22. The van der Waals surface area contributed by atoms with Gasteiger partial charge in [-0.3, -0.25) is 10.1 Å². The molecule has 1 fully saturated rings. The Morgan fingerprint density at radius 3 is 2.96 bits per heavy atom. The van der Waals surface area contributed by atoms with E-state index in [0.29, 0.717) is 42.2 Å². The third-order valence-electron chi connectivity index (χ3n) is 3.62. The maximum absolute atomic E-state index is 12.3. The molecule has 2 amide bonds. The van der Waals surface area contributed by atoms with E-state index < -0.39 is 0 Å². The molecule has 2 heterocycles. The minimum atomic E-state index is -0.290. The highest BCUT2D eigenvalue weighted by atomic mass is 32.1. The van der Waals surface area contributed by atoms with Gasteiger partial charge in [0.1, 0.15) is 5.01 Å². The van der Waals surface area contributed by atoms with Crippen LogP contribution in [0.3, 0.4) is 0 Å². The second-order valence-corrected chi connectivity index (χ2v) is 6.34. The van der Waals surface area contributed by atoms with Crippen LogP contribution >= 0.6 is 11.3 Å². The van der Waals surface area contributed by atoms with E-state index in [0.717, 1.165) is 13.0 Å². The van der Waals surface area contributed by atoms with E-state index in [2.05, 4.69) is 20.3 Å². The van der Waals surface area contributed by atoms with Crippen molar-refractivity contribution in [2.24, 2.45) is 5.92 Å². The fourth-order valence-electron chi connectivity index (χ4n) is 2.28. The number of ether oxygens (including phenoxy) is 2. The van der Waals surface area contributed by atoms with Crippen molar-refractivity contribution in [3.05, 3.63) is 5.01 Å². The summed E-state index contributed by atoms with van der Waals surface area (Å²) in [5.74, 6) is 0.104. The van der Waals surface area contributed by atoms with Crippen molar-refractivity contribution in [1.82, 2.24) is 15.1 Å². The highest BCUT2D eigenvalue weighted by molar-refractivity contribution is 7.15. The zero-order valence-corrected chi connectivity index (χ0v) is 14.2. The molecule has 9 heteroatoms. The first kappa shape index (κ1) is 17.6. The maximum atomic E-state index is 12.3. The predicted octanol–water partition coefficient (Wildman–Crippen LogP) is 1.53. The summed E-state index contributed by atoms with van der Waals surface area (Å²) < 4.78 is 9.93. The molecule has 0 saturated carbocycles. The molecule has 1 aromatic heterocycles. The fraction of sp³-hybridized carbons (Fsp3) is 0.714. The third-order valence-corrected chi connectivity index (χ3v) is 4.52. The quantitative estimate of drug-likeness (QED) is 0.755. The molecule has 1 N–H and O–H groups in total. The van der Waals surface area contributed by atoms with Gasteiger partial charge in [0.05, 0.1) is 20.1 Å². The van der Waals surface area contributed by atoms with Crippen molar-refractivity contribution in [3.63, 3.8) is 0 Å². The van der Waals surface area contributed by atoms with Crippen LogP contribution in [0.4, 0.5) is 9.93 Å². The van der Waals surface area contributed by atoms with Crippen molar-refractivity contribution in [2.45, 2.75) is 26.2 Å². The number of amides is 2. The monoisotopic (exact) mass is 342 g/mol. The first-order valence-electron chi connectivity index (χ1n) is 7.65. The van der Waals surface area contributed by atoms with Crippen LogP contribution in [-0.2, 0) is 20.7 Å². The van der Waals surface area contributed by atoms with Gasteiger partial charge >= 0.3 is 12.0 Å². The number of hydrogen-bond acceptors (Lipinski definition) is 7. The molecule has 0 aromatic carbocycles. The van der Waals surface area contributed by atoms with Gasteiger partial charge in [-0.2, -0.15) is 0 Å². The van der Waals surface area contributed by atoms with Crippen molar-refractivity contribution in [2.75, 3.05) is 38.7 Å². The van der Waals surface area contributed by atoms with E-state index in [9.17, 15) is 9.59 Å². The van der Waals surface area contributed by atoms with E-state index in [4.69, 9.17) is 4.74 Å². The van der Waals surface area contributed by atoms with Gasteiger partial charge in [0, 0.05) is 32.0 Å². The molecule has 8 nitrogen and oxygen atoms in total. The SMILES string of the molecule is CCN(CC1CCOC1)C(=O)Nc1nnc(CCC(=O)OC)s1. The summed E-state index contributed by atoms with van der Waals surface area (Å²) in [4.78, 5) is 25.1. The molecule has 1 aromatic rings. The van der Waals surface area contributed by atoms with Gasteiger partial charge in [-0.25, -0.2) is 4.79 Å². The summed E-state index contributed by atoms with van der Waals surface area (Å²) in [6.45, 7) is 4.72. The van der Waals surface area contributed by atoms with E-state index >= 15 is 0 Å². The molecular weight excluding hydrogens is 320 g/mol. The van der Waals surface area contributed by atoms with Gasteiger partial charge in [-0.05, 0) is 13.3 Å². The number of nitrogens with one attached hydrogen (secondary N) is 1. The number of anilines is 1. The van der Waals surface area contributed by atoms with Crippen LogP contribution in [0, 0.1) is 5.92 Å². The molecule has 1 unspecified atom stereocenters. The lowest BCUT2D eigenvalue weighted by molar-refractivity contribution is -0.140. The second kappa shape index (κ2) is 8.78. The van der Waals surface area contributed by atoms with Crippen molar-refractivity contribution in [3.8, 4) is 0 Å². The summed E-state index contributed by atoms with van der Waals surface area (Å²) in [5.41, 5.74) is 0. The van der Waals surface area contributed by atoms with Crippen molar-refractivity contribution < 1.29 is 19.1 Å². The third kappa shape index (κ3) is 5.43. The molecule has 0 bridgehead atoms. The van der Waals surface area contributed by atoms with Crippen LogP contribution < -0.4 is 5.32 Å². The number of aryl methyl sites for hydroxylation is 1. The first-order chi connectivity index (χ1) is 11.1. The zero-order chi connectivity index (χ0) is 16.7. The zero-order valence-electron chi connectivity index (χ0n) is 13.4. The number of nitrogens with zero attached hydrogens (tertiary/aromatic N) is 3. The number of esters is 1. The van der Waals surface area contributed by atoms with Crippen LogP contribution in [0.1, 0.15) is 24.8 Å². The van der Waals surface area contributed by atoms with Crippen molar-refractivity contribution >= 4 is 28.5 Å². The molecule has 0 aliphatic carbocycles. The molecule has 1 atom stereocenters. The van der Waals surface area contributed by atoms with Gasteiger partial charge in [0.25, 0.3) is 0 Å². The van der Waals surface area contributed by atoms with Crippen LogP contribution in [0.5, 0.6) is 0 Å². The Balaban J connectivity index is 1.83. The Morgan fingerprint density at radius 2 is 2.30 bits per heavy atom. The number of methoxy groups -OCH3 is 1. The maximum Gasteiger partial charge on any atom is 0.323 e. The molecule has 128 valence electrons. The fourth-order valence-corrected chi connectivity index (χ4v) is 3.01. The molecule has 2 rings (SSSR count). The van der Waals surface area contributed by atoms with Crippen LogP contribution in [-0.4, -0.2) is 60.5 Å². The number of urea groups is 1. The van der Waals surface area contributed by atoms with Gasteiger partial charge in [0.15, 0.2) is 0 Å². The summed E-state index contributed by atoms with van der Waals surface area (Å²) in [5, 5.41) is 11.8. The normalized spacial score (nSPS) is 17.0. The standard InChI is InChI=1S/C14H22N4O4S/c1-3-18(8-10-6-7-22-9-10)14(20)15-13-17-16-11(23-13)4-5-12(19)21-2/h10H,3-9H2,1-2H3,(H,15,17,20). The van der Waals surface area contributed by atoms with Gasteiger partial charge < -0.3 is 14.4 Å². The predicted molar refractivity (Wildman–Crippen MR) is 85.4 cm³/mol. The summed E-state index contributed by atoms with van der Waals surface area (Å²) in [7, 11) is 1.35. The lowest BCUT2D eigenvalue weighted by Gasteiger charge is -2.23. The number of carbonyl (C=O) groups excluding carboxylic acids is 2. The minimum Gasteiger partial charge on any atom is -0.469 e. The molecule has 0 spiro atoms. The Hall–Kier alpha value is -1.74. The number of hydrogen-bond donors (Lipinski definition) is 1. The van der Waals surface area contributed by atoms with Crippen molar-refractivity contribution in [1.29, 1.82) is 0 Å². The molecule has 1 saturated heterocycles. The van der Waals surface area contributed by atoms with E-state index in [1.165, 1.54) is 18.4 Å². The number of aromatic nitrogens is 2. The lowest BCUT2D eigenvalue weighted by atomic mass is 10.1. The Labute approximate surface area is 139 Å². The lowest BCUT2D eigenvalue weighted by Crippen LogP contribution is -2.38. The second-order valence-electron chi connectivity index (χ2n) is 5.28. The van der Waals surface area contributed by atoms with Crippen LogP contribution in [0.15, 0.2) is 0 Å². The first-order valence-corrected chi connectivity index (χ1v) is 8.46. The van der Waals surface area contributed by atoms with E-state index in [-0.39, 0.29) is 18.4 Å². The van der Waals surface area contributed by atoms with E-state index in [1.807, 2.05) is 6.92 Å². The largest absolute Gasteiger partial charge is 0.469 e. The van der Waals surface area contributed by atoms with Gasteiger partial charge in [-0.1, -0.05) is 11.3 Å². The summed E-state index contributed by atoms with van der Waals surface area (Å²) in [6.07, 6.45) is 1.69. The van der Waals surface area contributed by atoms with Crippen LogP contribution in [0.2, 0.25) is 0 Å². The minimum absolute atomic E-state index is 0.185. The average Bonchev–Trinajstić information content (AvgIpc) is 3.21. The highest BCUT2D eigenvalue weighted by Crippen LogP contribution is 2.18. The molecule has 0 radical (unpaired) electrons. The van der Waals surface area contributed by atoms with Crippen LogP contribution in [0.25, 0.3) is 0 Å². The molecule has 23 heavy (non-hydrogen) atoms. The Kier molecular flexibility index (Phi) is 6.72. The number of carbonyl (C=O) groups is 2.